The van der Waals surface area contributed by atoms with Gasteiger partial charge >= 0.3 is 0 Å². The highest BCUT2D eigenvalue weighted by Gasteiger charge is 2.18. The third-order valence-corrected chi connectivity index (χ3v) is 3.82. The first-order valence-electron chi connectivity index (χ1n) is 6.32. The molecule has 1 atom stereocenters. The Morgan fingerprint density at radius 1 is 1.38 bits per heavy atom. The number of thiophene rings is 1. The molecular weight excluding hydrogens is 290 g/mol. The molecule has 1 aromatic heterocycles. The second-order valence-corrected chi connectivity index (χ2v) is 5.27. The number of amides is 1. The fourth-order valence-corrected chi connectivity index (χ4v) is 2.67. The van der Waals surface area contributed by atoms with Gasteiger partial charge in [-0.05, 0) is 41.4 Å². The van der Waals surface area contributed by atoms with Crippen molar-refractivity contribution in [2.24, 2.45) is 0 Å². The van der Waals surface area contributed by atoms with Crippen molar-refractivity contribution in [3.8, 4) is 0 Å². The number of rotatable bonds is 5. The van der Waals surface area contributed by atoms with Crippen molar-refractivity contribution in [1.29, 1.82) is 0 Å². The summed E-state index contributed by atoms with van der Waals surface area (Å²) in [6.07, 6.45) is 0. The smallest absolute Gasteiger partial charge is 0.293 e. The van der Waals surface area contributed by atoms with Gasteiger partial charge in [-0.3, -0.25) is 14.9 Å². The molecule has 110 valence electrons. The Morgan fingerprint density at radius 2 is 2.14 bits per heavy atom. The second kappa shape index (κ2) is 6.36. The summed E-state index contributed by atoms with van der Waals surface area (Å²) in [4.78, 5) is 22.7. The van der Waals surface area contributed by atoms with Gasteiger partial charge in [-0.2, -0.15) is 11.3 Å². The molecule has 1 aromatic carbocycles. The Labute approximate surface area is 126 Å². The van der Waals surface area contributed by atoms with E-state index in [-0.39, 0.29) is 23.2 Å². The van der Waals surface area contributed by atoms with E-state index < -0.39 is 4.92 Å². The predicted octanol–water partition coefficient (Wildman–Crippen LogP) is 3.19. The number of carbonyl (C=O) groups excluding carboxylic acids is 1. The SMILES string of the molecule is CNc1ccc(C(=O)NC(C)c2ccsc2)cc1[N+](=O)[O-]. The number of nitrogens with zero attached hydrogens (tertiary/aromatic N) is 1. The van der Waals surface area contributed by atoms with Crippen molar-refractivity contribution in [2.75, 3.05) is 12.4 Å². The van der Waals surface area contributed by atoms with Crippen LogP contribution in [0.4, 0.5) is 11.4 Å². The van der Waals surface area contributed by atoms with E-state index in [1.165, 1.54) is 12.1 Å². The summed E-state index contributed by atoms with van der Waals surface area (Å²) in [6.45, 7) is 1.87. The van der Waals surface area contributed by atoms with E-state index in [1.807, 2.05) is 23.8 Å². The molecule has 1 unspecified atom stereocenters. The lowest BCUT2D eigenvalue weighted by Crippen LogP contribution is -2.26. The highest BCUT2D eigenvalue weighted by atomic mass is 32.1. The van der Waals surface area contributed by atoms with E-state index in [0.29, 0.717) is 5.69 Å². The number of carbonyl (C=O) groups is 1. The van der Waals surface area contributed by atoms with Gasteiger partial charge in [-0.1, -0.05) is 0 Å². The zero-order chi connectivity index (χ0) is 15.4. The van der Waals surface area contributed by atoms with Gasteiger partial charge in [0.15, 0.2) is 0 Å². The average Bonchev–Trinajstić information content (AvgIpc) is 3.00. The molecule has 0 bridgehead atoms. The molecule has 0 saturated carbocycles. The summed E-state index contributed by atoms with van der Waals surface area (Å²) in [7, 11) is 1.60. The molecular formula is C14H15N3O3S. The van der Waals surface area contributed by atoms with Crippen LogP contribution in [-0.2, 0) is 0 Å². The molecule has 1 heterocycles. The molecule has 6 nitrogen and oxygen atoms in total. The first-order valence-corrected chi connectivity index (χ1v) is 7.26. The standard InChI is InChI=1S/C14H15N3O3S/c1-9(11-5-6-21-8-11)16-14(18)10-3-4-12(15-2)13(7-10)17(19)20/h3-9,15H,1-2H3,(H,16,18). The minimum absolute atomic E-state index is 0.117. The van der Waals surface area contributed by atoms with Crippen LogP contribution in [0.3, 0.4) is 0 Å². The summed E-state index contributed by atoms with van der Waals surface area (Å²) >= 11 is 1.55. The van der Waals surface area contributed by atoms with Crippen molar-refractivity contribution in [1.82, 2.24) is 5.32 Å². The highest BCUT2D eigenvalue weighted by molar-refractivity contribution is 7.07. The Bertz CT molecular complexity index is 655. The number of nitro groups is 1. The van der Waals surface area contributed by atoms with Crippen molar-refractivity contribution < 1.29 is 9.72 Å². The zero-order valence-electron chi connectivity index (χ0n) is 11.6. The monoisotopic (exact) mass is 305 g/mol. The normalized spacial score (nSPS) is 11.7. The van der Waals surface area contributed by atoms with Crippen LogP contribution in [0.25, 0.3) is 0 Å². The third kappa shape index (κ3) is 3.38. The minimum Gasteiger partial charge on any atom is -0.383 e. The van der Waals surface area contributed by atoms with Crippen LogP contribution in [0, 0.1) is 10.1 Å². The average molecular weight is 305 g/mol. The number of anilines is 1. The first-order chi connectivity index (χ1) is 10.0. The fraction of sp³-hybridized carbons (Fsp3) is 0.214. The van der Waals surface area contributed by atoms with Gasteiger partial charge in [0, 0.05) is 18.7 Å². The van der Waals surface area contributed by atoms with Crippen LogP contribution in [-0.4, -0.2) is 17.9 Å². The van der Waals surface area contributed by atoms with Gasteiger partial charge in [0.25, 0.3) is 11.6 Å². The van der Waals surface area contributed by atoms with E-state index in [1.54, 1.807) is 24.5 Å². The maximum atomic E-state index is 12.2. The number of nitro benzene ring substituents is 1. The van der Waals surface area contributed by atoms with Crippen LogP contribution in [0.2, 0.25) is 0 Å². The molecule has 0 saturated heterocycles. The van der Waals surface area contributed by atoms with Gasteiger partial charge in [0.1, 0.15) is 5.69 Å². The van der Waals surface area contributed by atoms with Gasteiger partial charge in [-0.25, -0.2) is 0 Å². The van der Waals surface area contributed by atoms with E-state index in [0.717, 1.165) is 5.56 Å². The number of benzene rings is 1. The van der Waals surface area contributed by atoms with Crippen LogP contribution >= 0.6 is 11.3 Å². The predicted molar refractivity (Wildman–Crippen MR) is 82.8 cm³/mol. The minimum atomic E-state index is -0.509. The summed E-state index contributed by atoms with van der Waals surface area (Å²) in [5, 5.41) is 20.5. The molecule has 21 heavy (non-hydrogen) atoms. The zero-order valence-corrected chi connectivity index (χ0v) is 12.4. The lowest BCUT2D eigenvalue weighted by molar-refractivity contribution is -0.384. The summed E-state index contributed by atoms with van der Waals surface area (Å²) < 4.78 is 0. The molecule has 0 radical (unpaired) electrons. The maximum Gasteiger partial charge on any atom is 0.293 e. The number of hydrogen-bond donors (Lipinski definition) is 2. The van der Waals surface area contributed by atoms with Crippen LogP contribution < -0.4 is 10.6 Å². The van der Waals surface area contributed by atoms with E-state index in [2.05, 4.69) is 10.6 Å². The van der Waals surface area contributed by atoms with Gasteiger partial charge in [-0.15, -0.1) is 0 Å². The topological polar surface area (TPSA) is 84.3 Å². The maximum absolute atomic E-state index is 12.2. The number of hydrogen-bond acceptors (Lipinski definition) is 5. The number of nitrogens with one attached hydrogen (secondary N) is 2. The molecule has 0 aliphatic carbocycles. The van der Waals surface area contributed by atoms with Gasteiger partial charge in [0.05, 0.1) is 11.0 Å². The Morgan fingerprint density at radius 3 is 2.71 bits per heavy atom. The quantitative estimate of drug-likeness (QED) is 0.656. The van der Waals surface area contributed by atoms with Crippen molar-refractivity contribution in [3.63, 3.8) is 0 Å². The summed E-state index contributed by atoms with van der Waals surface area (Å²) in [5.41, 5.74) is 1.54. The first kappa shape index (κ1) is 15.0. The molecule has 0 spiro atoms. The van der Waals surface area contributed by atoms with Gasteiger partial charge in [0.2, 0.25) is 0 Å². The van der Waals surface area contributed by atoms with E-state index in [4.69, 9.17) is 0 Å². The molecule has 1 amide bonds. The Hall–Kier alpha value is -2.41. The molecule has 7 heteroatoms. The van der Waals surface area contributed by atoms with E-state index in [9.17, 15) is 14.9 Å². The summed E-state index contributed by atoms with van der Waals surface area (Å²) in [6, 6.07) is 6.16. The van der Waals surface area contributed by atoms with Crippen molar-refractivity contribution in [2.45, 2.75) is 13.0 Å². The van der Waals surface area contributed by atoms with Gasteiger partial charge < -0.3 is 10.6 Å². The van der Waals surface area contributed by atoms with Crippen molar-refractivity contribution >= 4 is 28.6 Å². The third-order valence-electron chi connectivity index (χ3n) is 3.12. The second-order valence-electron chi connectivity index (χ2n) is 4.49. The Kier molecular flexibility index (Phi) is 4.54. The molecule has 2 N–H and O–H groups in total. The molecule has 2 aromatic rings. The molecule has 0 aliphatic rings. The molecule has 2 rings (SSSR count). The highest BCUT2D eigenvalue weighted by Crippen LogP contribution is 2.25. The van der Waals surface area contributed by atoms with E-state index >= 15 is 0 Å². The van der Waals surface area contributed by atoms with Crippen LogP contribution in [0.5, 0.6) is 0 Å². The van der Waals surface area contributed by atoms with Crippen molar-refractivity contribution in [3.05, 3.63) is 56.3 Å². The van der Waals surface area contributed by atoms with Crippen LogP contribution in [0.1, 0.15) is 28.9 Å². The lowest BCUT2D eigenvalue weighted by atomic mass is 10.1. The molecule has 0 aliphatic heterocycles. The largest absolute Gasteiger partial charge is 0.383 e. The molecule has 0 fully saturated rings. The fourth-order valence-electron chi connectivity index (χ4n) is 1.92. The Balaban J connectivity index is 2.19. The van der Waals surface area contributed by atoms with Crippen LogP contribution in [0.15, 0.2) is 35.0 Å². The summed E-state index contributed by atoms with van der Waals surface area (Å²) in [5.74, 6) is -0.334. The lowest BCUT2D eigenvalue weighted by Gasteiger charge is -2.13.